The van der Waals surface area contributed by atoms with Gasteiger partial charge in [0.15, 0.2) is 5.78 Å². The van der Waals surface area contributed by atoms with E-state index < -0.39 is 29.4 Å². The molecule has 0 aliphatic carbocycles. The van der Waals surface area contributed by atoms with Gasteiger partial charge in [0.2, 0.25) is 0 Å². The van der Waals surface area contributed by atoms with E-state index in [0.717, 1.165) is 9.80 Å². The number of methoxy groups -OCH3 is 1. The Bertz CT molecular complexity index is 1820. The molecule has 0 saturated heterocycles. The van der Waals surface area contributed by atoms with E-state index in [2.05, 4.69) is 0 Å². The molecule has 0 unspecified atom stereocenters. The smallest absolute Gasteiger partial charge is 0.266 e. The summed E-state index contributed by atoms with van der Waals surface area (Å²) in [6.45, 7) is 0. The molecule has 4 aromatic rings. The maximum Gasteiger partial charge on any atom is 0.266 e. The van der Waals surface area contributed by atoms with Gasteiger partial charge in [-0.05, 0) is 48.5 Å². The van der Waals surface area contributed by atoms with Crippen molar-refractivity contribution in [2.75, 3.05) is 16.9 Å². The molecule has 0 aromatic heterocycles. The van der Waals surface area contributed by atoms with Crippen LogP contribution in [0, 0.1) is 0 Å². The average molecular weight is 530 g/mol. The van der Waals surface area contributed by atoms with Crippen LogP contribution in [0.3, 0.4) is 0 Å². The Morgan fingerprint density at radius 2 is 1.12 bits per heavy atom. The molecule has 2 heterocycles. The minimum absolute atomic E-state index is 0.0453. The fraction of sp³-hybridized carbons (Fsp3) is 0.0323. The Morgan fingerprint density at radius 1 is 0.625 bits per heavy atom. The minimum Gasteiger partial charge on any atom is -0.497 e. The van der Waals surface area contributed by atoms with Gasteiger partial charge in [0.05, 0.1) is 40.7 Å². The molecule has 0 spiro atoms. The molecule has 2 aliphatic heterocycles. The number of imide groups is 2. The van der Waals surface area contributed by atoms with Gasteiger partial charge in [-0.25, -0.2) is 9.80 Å². The van der Waals surface area contributed by atoms with Gasteiger partial charge in [0, 0.05) is 22.8 Å². The van der Waals surface area contributed by atoms with Crippen molar-refractivity contribution in [3.63, 3.8) is 0 Å². The van der Waals surface area contributed by atoms with Crippen LogP contribution in [-0.2, 0) is 0 Å². The van der Waals surface area contributed by atoms with Crippen LogP contribution >= 0.6 is 0 Å². The third-order valence-corrected chi connectivity index (χ3v) is 6.87. The number of fused-ring (bicyclic) bond motifs is 2. The number of carbonyl (C=O) groups is 6. The average Bonchev–Trinajstić information content (AvgIpc) is 3.39. The number of aldehydes is 1. The van der Waals surface area contributed by atoms with Crippen molar-refractivity contribution < 1.29 is 33.5 Å². The number of ether oxygens (including phenoxy) is 1. The topological polar surface area (TPSA) is 118 Å². The molecular weight excluding hydrogens is 512 g/mol. The molecule has 2 aliphatic rings. The number of anilines is 2. The van der Waals surface area contributed by atoms with Crippen molar-refractivity contribution in [1.82, 2.24) is 0 Å². The Labute approximate surface area is 227 Å². The van der Waals surface area contributed by atoms with Crippen molar-refractivity contribution in [1.29, 1.82) is 0 Å². The van der Waals surface area contributed by atoms with Crippen molar-refractivity contribution in [3.8, 4) is 5.75 Å². The van der Waals surface area contributed by atoms with Gasteiger partial charge in [-0.2, -0.15) is 0 Å². The van der Waals surface area contributed by atoms with Gasteiger partial charge in [-0.15, -0.1) is 0 Å². The summed E-state index contributed by atoms with van der Waals surface area (Å²) in [4.78, 5) is 79.0. The van der Waals surface area contributed by atoms with Gasteiger partial charge in [0.1, 0.15) is 12.0 Å². The maximum atomic E-state index is 13.4. The zero-order valence-electron chi connectivity index (χ0n) is 20.9. The molecule has 0 atom stereocenters. The molecule has 0 fully saturated rings. The summed E-state index contributed by atoms with van der Waals surface area (Å²) in [6.07, 6.45) is 0.614. The summed E-state index contributed by atoms with van der Waals surface area (Å²) in [6, 6.07) is 21.0. The van der Waals surface area contributed by atoms with Crippen molar-refractivity contribution in [2.24, 2.45) is 0 Å². The van der Waals surface area contributed by atoms with Crippen LogP contribution in [0.15, 0.2) is 84.9 Å². The third kappa shape index (κ3) is 3.71. The molecular formula is C31H18N2O7. The molecule has 194 valence electrons. The second kappa shape index (κ2) is 9.25. The van der Waals surface area contributed by atoms with Crippen LogP contribution in [0.1, 0.15) is 67.7 Å². The van der Waals surface area contributed by atoms with Gasteiger partial charge in [-0.3, -0.25) is 28.8 Å². The van der Waals surface area contributed by atoms with Gasteiger partial charge >= 0.3 is 0 Å². The lowest BCUT2D eigenvalue weighted by Gasteiger charge is -2.14. The van der Waals surface area contributed by atoms with E-state index in [1.54, 1.807) is 42.5 Å². The monoisotopic (exact) mass is 530 g/mol. The normalized spacial score (nSPS) is 13.9. The van der Waals surface area contributed by atoms with Crippen LogP contribution < -0.4 is 14.5 Å². The van der Waals surface area contributed by atoms with Crippen LogP contribution in [0.5, 0.6) is 5.75 Å². The van der Waals surface area contributed by atoms with E-state index in [0.29, 0.717) is 23.3 Å². The number of rotatable bonds is 6. The molecule has 0 bridgehead atoms. The molecule has 4 amide bonds. The molecule has 4 aromatic carbocycles. The van der Waals surface area contributed by atoms with E-state index >= 15 is 0 Å². The molecule has 9 heteroatoms. The fourth-order valence-corrected chi connectivity index (χ4v) is 4.89. The molecule has 0 radical (unpaired) electrons. The molecule has 40 heavy (non-hydrogen) atoms. The van der Waals surface area contributed by atoms with Gasteiger partial charge < -0.3 is 4.74 Å². The highest BCUT2D eigenvalue weighted by atomic mass is 16.5. The fourth-order valence-electron chi connectivity index (χ4n) is 4.89. The Morgan fingerprint density at radius 3 is 1.65 bits per heavy atom. The number of amides is 4. The summed E-state index contributed by atoms with van der Waals surface area (Å²) in [5.41, 5.74) is 1.56. The first kappa shape index (κ1) is 24.6. The minimum atomic E-state index is -0.624. The van der Waals surface area contributed by atoms with Crippen LogP contribution in [-0.4, -0.2) is 42.8 Å². The van der Waals surface area contributed by atoms with Crippen LogP contribution in [0.4, 0.5) is 11.4 Å². The highest BCUT2D eigenvalue weighted by Gasteiger charge is 2.39. The quantitative estimate of drug-likeness (QED) is 0.207. The standard InChI is InChI=1S/C31H18N2O7/c1-40-22-7-3-6-21(15-22)33-29(37)24-11-9-19(14-26(24)31(33)39)27(35)18-8-10-23-25(13-18)30(38)32(28(23)36)20-5-2-4-17(12-20)16-34/h2-16H,1H3. The second-order valence-corrected chi connectivity index (χ2v) is 9.16. The highest BCUT2D eigenvalue weighted by molar-refractivity contribution is 6.36. The lowest BCUT2D eigenvalue weighted by atomic mass is 9.96. The van der Waals surface area contributed by atoms with E-state index in [1.807, 2.05) is 0 Å². The largest absolute Gasteiger partial charge is 0.497 e. The second-order valence-electron chi connectivity index (χ2n) is 9.16. The van der Waals surface area contributed by atoms with E-state index in [-0.39, 0.29) is 39.1 Å². The van der Waals surface area contributed by atoms with Crippen molar-refractivity contribution in [3.05, 3.63) is 124 Å². The van der Waals surface area contributed by atoms with Gasteiger partial charge in [-0.1, -0.05) is 30.3 Å². The Balaban J connectivity index is 1.31. The van der Waals surface area contributed by atoms with E-state index in [4.69, 9.17) is 4.74 Å². The van der Waals surface area contributed by atoms with E-state index in [1.165, 1.54) is 49.6 Å². The zero-order valence-corrected chi connectivity index (χ0v) is 20.9. The zero-order chi connectivity index (χ0) is 28.1. The van der Waals surface area contributed by atoms with Crippen LogP contribution in [0.25, 0.3) is 0 Å². The molecule has 0 N–H and O–H groups in total. The predicted octanol–water partition coefficient (Wildman–Crippen LogP) is 4.34. The van der Waals surface area contributed by atoms with Crippen molar-refractivity contribution in [2.45, 2.75) is 0 Å². The van der Waals surface area contributed by atoms with E-state index in [9.17, 15) is 28.8 Å². The first-order valence-corrected chi connectivity index (χ1v) is 12.1. The first-order chi connectivity index (χ1) is 19.3. The SMILES string of the molecule is COc1cccc(N2C(=O)c3ccc(C(=O)c4ccc5c(c4)C(=O)N(c4cccc(C=O)c4)C5=O)cc3C2=O)c1. The number of ketones is 1. The Kier molecular flexibility index (Phi) is 5.69. The number of carbonyl (C=O) groups excluding carboxylic acids is 6. The Hall–Kier alpha value is -5.70. The number of nitrogens with zero attached hydrogens (tertiary/aromatic N) is 2. The lowest BCUT2D eigenvalue weighted by Crippen LogP contribution is -2.29. The number of hydrogen-bond donors (Lipinski definition) is 0. The summed E-state index contributed by atoms with van der Waals surface area (Å²) in [5.74, 6) is -2.31. The summed E-state index contributed by atoms with van der Waals surface area (Å²) in [5, 5.41) is 0. The van der Waals surface area contributed by atoms with Gasteiger partial charge in [0.25, 0.3) is 23.6 Å². The predicted molar refractivity (Wildman–Crippen MR) is 143 cm³/mol. The third-order valence-electron chi connectivity index (χ3n) is 6.87. The summed E-state index contributed by atoms with van der Waals surface area (Å²) in [7, 11) is 1.48. The van der Waals surface area contributed by atoms with Crippen LogP contribution in [0.2, 0.25) is 0 Å². The first-order valence-electron chi connectivity index (χ1n) is 12.1. The molecule has 6 rings (SSSR count). The molecule has 0 saturated carbocycles. The number of benzene rings is 4. The summed E-state index contributed by atoms with van der Waals surface area (Å²) >= 11 is 0. The van der Waals surface area contributed by atoms with Crippen molar-refractivity contribution >= 4 is 47.1 Å². The highest BCUT2D eigenvalue weighted by Crippen LogP contribution is 2.33. The number of hydrogen-bond acceptors (Lipinski definition) is 7. The lowest BCUT2D eigenvalue weighted by molar-refractivity contribution is 0.0910. The molecule has 9 nitrogen and oxygen atoms in total. The summed E-state index contributed by atoms with van der Waals surface area (Å²) < 4.78 is 5.19. The maximum absolute atomic E-state index is 13.4.